The lowest BCUT2D eigenvalue weighted by Gasteiger charge is -2.11. The van der Waals surface area contributed by atoms with E-state index >= 15 is 0 Å². The van der Waals surface area contributed by atoms with Crippen molar-refractivity contribution in [3.8, 4) is 12.3 Å². The van der Waals surface area contributed by atoms with Gasteiger partial charge in [0.2, 0.25) is 0 Å². The van der Waals surface area contributed by atoms with Crippen molar-refractivity contribution >= 4 is 12.4 Å². The molecule has 76 valence electrons. The van der Waals surface area contributed by atoms with E-state index in [2.05, 4.69) is 11.2 Å². The van der Waals surface area contributed by atoms with Crippen LogP contribution in [-0.2, 0) is 0 Å². The zero-order valence-corrected chi connectivity index (χ0v) is 8.77. The Morgan fingerprint density at radius 1 is 1.57 bits per heavy atom. The van der Waals surface area contributed by atoms with Crippen LogP contribution >= 0.6 is 12.4 Å². The molecule has 0 aliphatic rings. The predicted octanol–water partition coefficient (Wildman–Crippen LogP) is 2.53. The Morgan fingerprint density at radius 2 is 2.29 bits per heavy atom. The minimum atomic E-state index is -0.216. The molecule has 0 bridgehead atoms. The molecule has 1 aromatic carbocycles. The Bertz CT molecular complexity index is 319. The van der Waals surface area contributed by atoms with Crippen LogP contribution in [0.2, 0.25) is 0 Å². The van der Waals surface area contributed by atoms with Gasteiger partial charge in [0.25, 0.3) is 0 Å². The largest absolute Gasteiger partial charge is 0.300 e. The first-order chi connectivity index (χ1) is 6.24. The van der Waals surface area contributed by atoms with Crippen LogP contribution in [0.4, 0.5) is 4.39 Å². The van der Waals surface area contributed by atoms with E-state index in [1.54, 1.807) is 6.07 Å². The van der Waals surface area contributed by atoms with Crippen LogP contribution in [0.5, 0.6) is 0 Å². The van der Waals surface area contributed by atoms with Gasteiger partial charge in [-0.25, -0.2) is 4.39 Å². The monoisotopic (exact) mass is 213 g/mol. The highest BCUT2D eigenvalue weighted by molar-refractivity contribution is 5.85. The van der Waals surface area contributed by atoms with E-state index in [0.717, 1.165) is 5.56 Å². The van der Waals surface area contributed by atoms with Crippen molar-refractivity contribution in [2.45, 2.75) is 13.0 Å². The normalized spacial score (nSPS) is 11.2. The van der Waals surface area contributed by atoms with Crippen molar-refractivity contribution < 1.29 is 4.39 Å². The Hall–Kier alpha value is -1.04. The number of nitrogens with one attached hydrogen (secondary N) is 1. The second-order valence-electron chi connectivity index (χ2n) is 2.86. The van der Waals surface area contributed by atoms with Gasteiger partial charge in [-0.15, -0.1) is 18.8 Å². The van der Waals surface area contributed by atoms with Crippen LogP contribution in [0.1, 0.15) is 18.5 Å². The van der Waals surface area contributed by atoms with Crippen molar-refractivity contribution in [1.82, 2.24) is 5.32 Å². The lowest BCUT2D eigenvalue weighted by atomic mass is 10.1. The SMILES string of the molecule is C#CCN[C@@H](C)c1cccc(F)c1.Cl. The summed E-state index contributed by atoms with van der Waals surface area (Å²) >= 11 is 0. The number of benzene rings is 1. The van der Waals surface area contributed by atoms with Crippen molar-refractivity contribution in [2.24, 2.45) is 0 Å². The molecule has 0 radical (unpaired) electrons. The van der Waals surface area contributed by atoms with Crippen LogP contribution in [-0.4, -0.2) is 6.54 Å². The Balaban J connectivity index is 0.00000169. The van der Waals surface area contributed by atoms with Gasteiger partial charge in [0.1, 0.15) is 5.82 Å². The molecule has 0 aliphatic carbocycles. The zero-order valence-electron chi connectivity index (χ0n) is 7.96. The molecule has 0 saturated carbocycles. The second kappa shape index (κ2) is 6.42. The van der Waals surface area contributed by atoms with Gasteiger partial charge in [-0.1, -0.05) is 18.1 Å². The quantitative estimate of drug-likeness (QED) is 0.761. The van der Waals surface area contributed by atoms with E-state index in [4.69, 9.17) is 6.42 Å². The van der Waals surface area contributed by atoms with Crippen LogP contribution in [0.25, 0.3) is 0 Å². The van der Waals surface area contributed by atoms with Crippen LogP contribution in [0.15, 0.2) is 24.3 Å². The third-order valence-corrected chi connectivity index (χ3v) is 1.86. The molecule has 3 heteroatoms. The third kappa shape index (κ3) is 3.78. The van der Waals surface area contributed by atoms with Crippen LogP contribution in [0, 0.1) is 18.2 Å². The molecule has 1 atom stereocenters. The smallest absolute Gasteiger partial charge is 0.123 e. The number of halogens is 2. The van der Waals surface area contributed by atoms with Gasteiger partial charge in [-0.05, 0) is 24.6 Å². The molecule has 0 unspecified atom stereocenters. The van der Waals surface area contributed by atoms with E-state index in [0.29, 0.717) is 6.54 Å². The van der Waals surface area contributed by atoms with Crippen molar-refractivity contribution in [3.63, 3.8) is 0 Å². The first kappa shape index (κ1) is 13.0. The molecule has 0 fully saturated rings. The maximum Gasteiger partial charge on any atom is 0.123 e. The van der Waals surface area contributed by atoms with Gasteiger partial charge in [-0.3, -0.25) is 5.32 Å². The Labute approximate surface area is 90.1 Å². The Morgan fingerprint density at radius 3 is 2.86 bits per heavy atom. The number of hydrogen-bond donors (Lipinski definition) is 1. The first-order valence-corrected chi connectivity index (χ1v) is 4.16. The lowest BCUT2D eigenvalue weighted by molar-refractivity contribution is 0.598. The highest BCUT2D eigenvalue weighted by Crippen LogP contribution is 2.12. The summed E-state index contributed by atoms with van der Waals surface area (Å²) in [5.74, 6) is 2.26. The van der Waals surface area contributed by atoms with E-state index in [1.165, 1.54) is 12.1 Å². The van der Waals surface area contributed by atoms with E-state index in [-0.39, 0.29) is 24.3 Å². The fourth-order valence-corrected chi connectivity index (χ4v) is 1.11. The number of terminal acetylenes is 1. The number of rotatable bonds is 3. The van der Waals surface area contributed by atoms with Gasteiger partial charge in [0.15, 0.2) is 0 Å². The summed E-state index contributed by atoms with van der Waals surface area (Å²) < 4.78 is 12.8. The topological polar surface area (TPSA) is 12.0 Å². The molecule has 1 nitrogen and oxygen atoms in total. The van der Waals surface area contributed by atoms with Crippen LogP contribution in [0.3, 0.4) is 0 Å². The Kier molecular flexibility index (Phi) is 5.94. The van der Waals surface area contributed by atoms with Gasteiger partial charge >= 0.3 is 0 Å². The van der Waals surface area contributed by atoms with Gasteiger partial charge in [0, 0.05) is 6.04 Å². The minimum Gasteiger partial charge on any atom is -0.300 e. The summed E-state index contributed by atoms with van der Waals surface area (Å²) in [6, 6.07) is 6.59. The predicted molar refractivity (Wildman–Crippen MR) is 58.9 cm³/mol. The third-order valence-electron chi connectivity index (χ3n) is 1.86. The minimum absolute atomic E-state index is 0. The summed E-state index contributed by atoms with van der Waals surface area (Å²) in [7, 11) is 0. The summed E-state index contributed by atoms with van der Waals surface area (Å²) in [6.45, 7) is 2.45. The molecule has 0 spiro atoms. The highest BCUT2D eigenvalue weighted by Gasteiger charge is 2.03. The lowest BCUT2D eigenvalue weighted by Crippen LogP contribution is -2.18. The maximum atomic E-state index is 12.8. The molecule has 14 heavy (non-hydrogen) atoms. The molecule has 1 rings (SSSR count). The molecule has 1 N–H and O–H groups in total. The zero-order chi connectivity index (χ0) is 9.68. The summed E-state index contributed by atoms with van der Waals surface area (Å²) in [5, 5.41) is 3.07. The fraction of sp³-hybridized carbons (Fsp3) is 0.273. The molecular formula is C11H13ClFN. The van der Waals surface area contributed by atoms with Crippen molar-refractivity contribution in [2.75, 3.05) is 6.54 Å². The first-order valence-electron chi connectivity index (χ1n) is 4.16. The average Bonchev–Trinajstić information content (AvgIpc) is 2.14. The average molecular weight is 214 g/mol. The van der Waals surface area contributed by atoms with Gasteiger partial charge in [0.05, 0.1) is 6.54 Å². The van der Waals surface area contributed by atoms with E-state index in [9.17, 15) is 4.39 Å². The van der Waals surface area contributed by atoms with Crippen LogP contribution < -0.4 is 5.32 Å². The summed E-state index contributed by atoms with van der Waals surface area (Å²) in [6.07, 6.45) is 5.10. The van der Waals surface area contributed by atoms with E-state index < -0.39 is 0 Å². The standard InChI is InChI=1S/C11H12FN.ClH/c1-3-7-13-9(2)10-5-4-6-11(12)8-10;/h1,4-6,8-9,13H,7H2,2H3;1H/t9-;/m0./s1. The molecule has 0 aromatic heterocycles. The molecule has 0 amide bonds. The highest BCUT2D eigenvalue weighted by atomic mass is 35.5. The molecular weight excluding hydrogens is 201 g/mol. The van der Waals surface area contributed by atoms with E-state index in [1.807, 2.05) is 13.0 Å². The maximum absolute atomic E-state index is 12.8. The van der Waals surface area contributed by atoms with Crippen molar-refractivity contribution in [1.29, 1.82) is 0 Å². The summed E-state index contributed by atoms with van der Waals surface area (Å²) in [4.78, 5) is 0. The number of hydrogen-bond acceptors (Lipinski definition) is 1. The van der Waals surface area contributed by atoms with Crippen molar-refractivity contribution in [3.05, 3.63) is 35.6 Å². The molecule has 1 aromatic rings. The van der Waals surface area contributed by atoms with Gasteiger partial charge < -0.3 is 0 Å². The summed E-state index contributed by atoms with van der Waals surface area (Å²) in [5.41, 5.74) is 0.912. The second-order valence-corrected chi connectivity index (χ2v) is 2.86. The molecule has 0 heterocycles. The van der Waals surface area contributed by atoms with Gasteiger partial charge in [-0.2, -0.15) is 0 Å². The fourth-order valence-electron chi connectivity index (χ4n) is 1.11. The molecule has 0 aliphatic heterocycles. The molecule has 0 saturated heterocycles.